The van der Waals surface area contributed by atoms with Crippen LogP contribution in [0.1, 0.15) is 40.0 Å². The van der Waals surface area contributed by atoms with Gasteiger partial charge in [0.15, 0.2) is 0 Å². The van der Waals surface area contributed by atoms with Crippen molar-refractivity contribution in [2.24, 2.45) is 15.8 Å². The highest BCUT2D eigenvalue weighted by atomic mass is 15.5. The van der Waals surface area contributed by atoms with Gasteiger partial charge >= 0.3 is 0 Å². The minimum atomic E-state index is 0.0148. The normalized spacial score (nSPS) is 18.1. The number of nitrogens with zero attached hydrogens (tertiary/aromatic N) is 3. The van der Waals surface area contributed by atoms with Crippen LogP contribution in [0, 0.1) is 17.4 Å². The van der Waals surface area contributed by atoms with Crippen LogP contribution < -0.4 is 0 Å². The van der Waals surface area contributed by atoms with Gasteiger partial charge in [0.05, 0.1) is 6.04 Å². The Kier molecular flexibility index (Phi) is 3.94. The lowest BCUT2D eigenvalue weighted by Gasteiger charge is -2.21. The SMILES string of the molecule is CC(C)(C)C#C/N=N/N1CCCCC1. The first-order valence-corrected chi connectivity index (χ1v) is 5.26. The van der Waals surface area contributed by atoms with E-state index in [1.165, 1.54) is 19.3 Å². The second-order valence-corrected chi connectivity index (χ2v) is 4.69. The van der Waals surface area contributed by atoms with E-state index < -0.39 is 0 Å². The molecule has 0 aromatic rings. The summed E-state index contributed by atoms with van der Waals surface area (Å²) in [4.78, 5) is 0. The molecule has 78 valence electrons. The highest BCUT2D eigenvalue weighted by Gasteiger charge is 2.06. The molecule has 0 unspecified atom stereocenters. The Morgan fingerprint density at radius 2 is 1.71 bits per heavy atom. The molecule has 0 saturated carbocycles. The molecule has 1 rings (SSSR count). The molecule has 0 bridgehead atoms. The molecular formula is C11H19N3. The van der Waals surface area contributed by atoms with E-state index in [1.54, 1.807) is 0 Å². The van der Waals surface area contributed by atoms with Gasteiger partial charge in [-0.15, -0.1) is 0 Å². The van der Waals surface area contributed by atoms with Crippen molar-refractivity contribution >= 4 is 0 Å². The molecule has 0 spiro atoms. The van der Waals surface area contributed by atoms with E-state index >= 15 is 0 Å². The van der Waals surface area contributed by atoms with Gasteiger partial charge in [-0.05, 0) is 40.0 Å². The summed E-state index contributed by atoms with van der Waals surface area (Å²) in [7, 11) is 0. The van der Waals surface area contributed by atoms with Crippen molar-refractivity contribution in [1.82, 2.24) is 5.01 Å². The predicted molar refractivity (Wildman–Crippen MR) is 57.5 cm³/mol. The van der Waals surface area contributed by atoms with Crippen molar-refractivity contribution in [3.05, 3.63) is 0 Å². The Hall–Kier alpha value is -1.04. The van der Waals surface area contributed by atoms with Gasteiger partial charge in [0.25, 0.3) is 0 Å². The largest absolute Gasteiger partial charge is 0.278 e. The molecule has 0 aromatic carbocycles. The van der Waals surface area contributed by atoms with Crippen molar-refractivity contribution in [3.8, 4) is 12.0 Å². The second kappa shape index (κ2) is 4.99. The minimum absolute atomic E-state index is 0.0148. The van der Waals surface area contributed by atoms with Crippen LogP contribution in [0.5, 0.6) is 0 Å². The third kappa shape index (κ3) is 4.86. The molecule has 0 radical (unpaired) electrons. The van der Waals surface area contributed by atoms with E-state index in [0.29, 0.717) is 0 Å². The third-order valence-electron chi connectivity index (χ3n) is 1.98. The molecule has 14 heavy (non-hydrogen) atoms. The highest BCUT2D eigenvalue weighted by molar-refractivity contribution is 5.05. The zero-order valence-corrected chi connectivity index (χ0v) is 9.38. The van der Waals surface area contributed by atoms with Crippen molar-refractivity contribution in [2.45, 2.75) is 40.0 Å². The van der Waals surface area contributed by atoms with Crippen LogP contribution in [-0.4, -0.2) is 18.1 Å². The summed E-state index contributed by atoms with van der Waals surface area (Å²) in [5, 5.41) is 9.94. The molecule has 1 fully saturated rings. The van der Waals surface area contributed by atoms with Crippen molar-refractivity contribution in [1.29, 1.82) is 0 Å². The molecule has 0 amide bonds. The lowest BCUT2D eigenvalue weighted by atomic mass is 9.99. The Morgan fingerprint density at radius 3 is 2.29 bits per heavy atom. The Balaban J connectivity index is 2.34. The topological polar surface area (TPSA) is 28.0 Å². The van der Waals surface area contributed by atoms with Crippen LogP contribution in [0.4, 0.5) is 0 Å². The molecule has 3 heteroatoms. The predicted octanol–water partition coefficient (Wildman–Crippen LogP) is 2.85. The molecule has 0 aliphatic carbocycles. The maximum absolute atomic E-state index is 4.07. The standard InChI is InChI=1S/C11H19N3/c1-11(2,3)7-8-12-13-14-9-5-4-6-10-14/h4-6,9-10H2,1-3H3/b13-12+. The van der Waals surface area contributed by atoms with Crippen LogP contribution in [0.15, 0.2) is 10.3 Å². The van der Waals surface area contributed by atoms with Crippen LogP contribution in [0.2, 0.25) is 0 Å². The zero-order valence-electron chi connectivity index (χ0n) is 9.38. The molecule has 1 aliphatic rings. The molecule has 0 N–H and O–H groups in total. The van der Waals surface area contributed by atoms with E-state index in [1.807, 2.05) is 5.01 Å². The summed E-state index contributed by atoms with van der Waals surface area (Å²) < 4.78 is 0. The van der Waals surface area contributed by atoms with Crippen LogP contribution in [-0.2, 0) is 0 Å². The van der Waals surface area contributed by atoms with Gasteiger partial charge in [0, 0.05) is 18.5 Å². The van der Waals surface area contributed by atoms with Gasteiger partial charge in [-0.3, -0.25) is 5.01 Å². The fourth-order valence-electron chi connectivity index (χ4n) is 1.24. The summed E-state index contributed by atoms with van der Waals surface area (Å²) in [6.45, 7) is 8.25. The monoisotopic (exact) mass is 193 g/mol. The number of piperidine rings is 1. The average molecular weight is 193 g/mol. The molecule has 1 aliphatic heterocycles. The summed E-state index contributed by atoms with van der Waals surface area (Å²) in [5.74, 6) is 3.02. The highest BCUT2D eigenvalue weighted by Crippen LogP contribution is 2.10. The molecule has 0 atom stereocenters. The van der Waals surface area contributed by atoms with E-state index in [0.717, 1.165) is 13.1 Å². The van der Waals surface area contributed by atoms with Crippen LogP contribution in [0.25, 0.3) is 0 Å². The number of hydrogen-bond acceptors (Lipinski definition) is 2. The third-order valence-corrected chi connectivity index (χ3v) is 1.98. The van der Waals surface area contributed by atoms with Gasteiger partial charge < -0.3 is 0 Å². The molecule has 1 saturated heterocycles. The number of rotatable bonds is 1. The summed E-state index contributed by atoms with van der Waals surface area (Å²) in [6, 6.07) is 2.74. The minimum Gasteiger partial charge on any atom is -0.278 e. The Bertz CT molecular complexity index is 246. The molecule has 0 aromatic heterocycles. The van der Waals surface area contributed by atoms with Gasteiger partial charge in [-0.25, -0.2) is 0 Å². The quantitative estimate of drug-likeness (QED) is 0.465. The molecule has 1 heterocycles. The lowest BCUT2D eigenvalue weighted by Crippen LogP contribution is -2.23. The first-order valence-electron chi connectivity index (χ1n) is 5.26. The van der Waals surface area contributed by atoms with Crippen LogP contribution in [0.3, 0.4) is 0 Å². The van der Waals surface area contributed by atoms with E-state index in [-0.39, 0.29) is 5.41 Å². The molecule has 3 nitrogen and oxygen atoms in total. The van der Waals surface area contributed by atoms with Crippen LogP contribution >= 0.6 is 0 Å². The van der Waals surface area contributed by atoms with E-state index in [4.69, 9.17) is 0 Å². The van der Waals surface area contributed by atoms with E-state index in [9.17, 15) is 0 Å². The summed E-state index contributed by atoms with van der Waals surface area (Å²) in [5.41, 5.74) is 0.0148. The van der Waals surface area contributed by atoms with Gasteiger partial charge in [0.1, 0.15) is 0 Å². The van der Waals surface area contributed by atoms with Crippen molar-refractivity contribution in [2.75, 3.05) is 13.1 Å². The summed E-state index contributed by atoms with van der Waals surface area (Å²) in [6.07, 6.45) is 3.77. The number of hydrogen-bond donors (Lipinski definition) is 0. The second-order valence-electron chi connectivity index (χ2n) is 4.69. The summed E-state index contributed by atoms with van der Waals surface area (Å²) >= 11 is 0. The maximum Gasteiger partial charge on any atom is 0.0599 e. The van der Waals surface area contributed by atoms with Gasteiger partial charge in [0.2, 0.25) is 0 Å². The van der Waals surface area contributed by atoms with Gasteiger partial charge in [-0.2, -0.15) is 0 Å². The fourth-order valence-corrected chi connectivity index (χ4v) is 1.24. The van der Waals surface area contributed by atoms with Crippen molar-refractivity contribution < 1.29 is 0 Å². The lowest BCUT2D eigenvalue weighted by molar-refractivity contribution is 0.225. The maximum atomic E-state index is 4.07. The zero-order chi connectivity index (χ0) is 10.4. The Morgan fingerprint density at radius 1 is 1.07 bits per heavy atom. The fraction of sp³-hybridized carbons (Fsp3) is 0.818. The smallest absolute Gasteiger partial charge is 0.0599 e. The van der Waals surface area contributed by atoms with Gasteiger partial charge in [-0.1, -0.05) is 16.3 Å². The van der Waals surface area contributed by atoms with Crippen molar-refractivity contribution in [3.63, 3.8) is 0 Å². The average Bonchev–Trinajstić information content (AvgIpc) is 2.13. The molecular weight excluding hydrogens is 174 g/mol. The first-order chi connectivity index (χ1) is 6.58. The van der Waals surface area contributed by atoms with E-state index in [2.05, 4.69) is 43.1 Å². The Labute approximate surface area is 86.6 Å². The first kappa shape index (κ1) is 11.0.